The predicted molar refractivity (Wildman–Crippen MR) is 108 cm³/mol. The molecule has 0 radical (unpaired) electrons. The lowest BCUT2D eigenvalue weighted by Crippen LogP contribution is -2.30. The van der Waals surface area contributed by atoms with Gasteiger partial charge in [0.15, 0.2) is 11.9 Å². The molecule has 3 aromatic rings. The number of ketones is 1. The lowest BCUT2D eigenvalue weighted by molar-refractivity contribution is -0.123. The SMILES string of the molecule is CCn1cc(C(=O)OC(C)C(=O)Nc2ccc(C(C)=O)cc2)c2ccccc21. The van der Waals surface area contributed by atoms with Crippen LogP contribution in [0, 0.1) is 0 Å². The zero-order valence-corrected chi connectivity index (χ0v) is 16.1. The number of aromatic nitrogens is 1. The first kappa shape index (κ1) is 19.4. The van der Waals surface area contributed by atoms with E-state index in [9.17, 15) is 14.4 Å². The van der Waals surface area contributed by atoms with E-state index in [1.165, 1.54) is 13.8 Å². The molecular weight excluding hydrogens is 356 g/mol. The van der Waals surface area contributed by atoms with Gasteiger partial charge >= 0.3 is 5.97 Å². The van der Waals surface area contributed by atoms with Crippen LogP contribution in [0.5, 0.6) is 0 Å². The third kappa shape index (κ3) is 3.96. The molecule has 28 heavy (non-hydrogen) atoms. The van der Waals surface area contributed by atoms with Crippen molar-refractivity contribution in [2.45, 2.75) is 33.4 Å². The molecule has 0 bridgehead atoms. The molecule has 3 rings (SSSR count). The number of nitrogens with zero attached hydrogens (tertiary/aromatic N) is 1. The van der Waals surface area contributed by atoms with Crippen molar-refractivity contribution in [1.29, 1.82) is 0 Å². The van der Waals surface area contributed by atoms with E-state index in [1.807, 2.05) is 35.8 Å². The molecule has 1 unspecified atom stereocenters. The molecule has 0 aliphatic heterocycles. The maximum absolute atomic E-state index is 12.6. The van der Waals surface area contributed by atoms with Crippen molar-refractivity contribution in [3.8, 4) is 0 Å². The molecule has 2 aromatic carbocycles. The van der Waals surface area contributed by atoms with Gasteiger partial charge in [-0.1, -0.05) is 18.2 Å². The number of Topliss-reactive ketones (excluding diaryl/α,β-unsaturated/α-hetero) is 1. The third-order valence-electron chi connectivity index (χ3n) is 4.56. The molecule has 1 N–H and O–H groups in total. The van der Waals surface area contributed by atoms with Gasteiger partial charge in [0.05, 0.1) is 5.56 Å². The number of fused-ring (bicyclic) bond motifs is 1. The summed E-state index contributed by atoms with van der Waals surface area (Å²) in [6, 6.07) is 14.1. The third-order valence-corrected chi connectivity index (χ3v) is 4.56. The van der Waals surface area contributed by atoms with Crippen molar-refractivity contribution in [2.75, 3.05) is 5.32 Å². The summed E-state index contributed by atoms with van der Waals surface area (Å²) in [5.41, 5.74) is 2.47. The van der Waals surface area contributed by atoms with Crippen molar-refractivity contribution in [2.24, 2.45) is 0 Å². The van der Waals surface area contributed by atoms with Gasteiger partial charge in [0.2, 0.25) is 0 Å². The van der Waals surface area contributed by atoms with Crippen molar-refractivity contribution in [3.05, 3.63) is 65.9 Å². The average molecular weight is 378 g/mol. The fourth-order valence-electron chi connectivity index (χ4n) is 2.98. The minimum atomic E-state index is -0.969. The number of carbonyl (C=O) groups is 3. The van der Waals surface area contributed by atoms with Crippen LogP contribution < -0.4 is 5.32 Å². The zero-order valence-electron chi connectivity index (χ0n) is 16.1. The zero-order chi connectivity index (χ0) is 20.3. The molecule has 1 aromatic heterocycles. The molecule has 0 fully saturated rings. The van der Waals surface area contributed by atoms with E-state index in [0.717, 1.165) is 17.4 Å². The van der Waals surface area contributed by atoms with Gasteiger partial charge < -0.3 is 14.6 Å². The van der Waals surface area contributed by atoms with Gasteiger partial charge in [0.25, 0.3) is 5.91 Å². The molecule has 0 saturated carbocycles. The Kier molecular flexibility index (Phi) is 5.59. The average Bonchev–Trinajstić information content (AvgIpc) is 3.07. The van der Waals surface area contributed by atoms with Gasteiger partial charge in [-0.3, -0.25) is 9.59 Å². The van der Waals surface area contributed by atoms with Gasteiger partial charge in [-0.25, -0.2) is 4.79 Å². The minimum Gasteiger partial charge on any atom is -0.449 e. The maximum Gasteiger partial charge on any atom is 0.341 e. The first-order valence-corrected chi connectivity index (χ1v) is 9.11. The Morgan fingerprint density at radius 2 is 1.75 bits per heavy atom. The Bertz CT molecular complexity index is 1030. The molecule has 6 heteroatoms. The number of anilines is 1. The van der Waals surface area contributed by atoms with Crippen LogP contribution in [-0.2, 0) is 16.1 Å². The summed E-state index contributed by atoms with van der Waals surface area (Å²) in [7, 11) is 0. The van der Waals surface area contributed by atoms with Crippen LogP contribution in [0.3, 0.4) is 0 Å². The number of aryl methyl sites for hydroxylation is 1. The first-order valence-electron chi connectivity index (χ1n) is 9.11. The van der Waals surface area contributed by atoms with E-state index in [4.69, 9.17) is 4.74 Å². The molecule has 0 aliphatic carbocycles. The van der Waals surface area contributed by atoms with E-state index >= 15 is 0 Å². The number of amides is 1. The first-order chi connectivity index (χ1) is 13.4. The van der Waals surface area contributed by atoms with Crippen LogP contribution in [0.15, 0.2) is 54.7 Å². The van der Waals surface area contributed by atoms with Gasteiger partial charge in [0, 0.05) is 34.9 Å². The standard InChI is InChI=1S/C22H22N2O4/c1-4-24-13-19(18-7-5-6-8-20(18)24)22(27)28-15(3)21(26)23-17-11-9-16(10-12-17)14(2)25/h5-13,15H,4H2,1-3H3,(H,23,26). The summed E-state index contributed by atoms with van der Waals surface area (Å²) in [6.45, 7) is 5.72. The summed E-state index contributed by atoms with van der Waals surface area (Å²) in [5, 5.41) is 3.48. The van der Waals surface area contributed by atoms with Crippen LogP contribution in [0.1, 0.15) is 41.5 Å². The number of para-hydroxylation sites is 1. The molecule has 0 spiro atoms. The normalized spacial score (nSPS) is 11.8. The van der Waals surface area contributed by atoms with E-state index in [-0.39, 0.29) is 5.78 Å². The van der Waals surface area contributed by atoms with Crippen LogP contribution in [0.2, 0.25) is 0 Å². The quantitative estimate of drug-likeness (QED) is 0.519. The molecule has 1 atom stereocenters. The number of carbonyl (C=O) groups excluding carboxylic acids is 3. The van der Waals surface area contributed by atoms with Crippen LogP contribution in [-0.4, -0.2) is 28.3 Å². The highest BCUT2D eigenvalue weighted by Crippen LogP contribution is 2.22. The number of nitrogens with one attached hydrogen (secondary N) is 1. The number of esters is 1. The van der Waals surface area contributed by atoms with Gasteiger partial charge in [-0.2, -0.15) is 0 Å². The Balaban J connectivity index is 1.70. The van der Waals surface area contributed by atoms with Crippen LogP contribution in [0.4, 0.5) is 5.69 Å². The highest BCUT2D eigenvalue weighted by molar-refractivity contribution is 6.05. The maximum atomic E-state index is 12.6. The molecular formula is C22H22N2O4. The second kappa shape index (κ2) is 8.08. The fraction of sp³-hybridized carbons (Fsp3) is 0.227. The highest BCUT2D eigenvalue weighted by atomic mass is 16.5. The number of ether oxygens (including phenoxy) is 1. The molecule has 0 saturated heterocycles. The summed E-state index contributed by atoms with van der Waals surface area (Å²) in [5.74, 6) is -1.03. The highest BCUT2D eigenvalue weighted by Gasteiger charge is 2.22. The van der Waals surface area contributed by atoms with Crippen molar-refractivity contribution < 1.29 is 19.1 Å². The van der Waals surface area contributed by atoms with Crippen molar-refractivity contribution in [3.63, 3.8) is 0 Å². The summed E-state index contributed by atoms with van der Waals surface area (Å²) in [6.07, 6.45) is 0.779. The largest absolute Gasteiger partial charge is 0.449 e. The smallest absolute Gasteiger partial charge is 0.341 e. The van der Waals surface area contributed by atoms with E-state index in [1.54, 1.807) is 30.5 Å². The van der Waals surface area contributed by atoms with Crippen molar-refractivity contribution >= 4 is 34.3 Å². The number of benzene rings is 2. The number of hydrogen-bond acceptors (Lipinski definition) is 4. The van der Waals surface area contributed by atoms with Gasteiger partial charge in [-0.05, 0) is 51.1 Å². The molecule has 0 aliphatic rings. The van der Waals surface area contributed by atoms with Crippen molar-refractivity contribution in [1.82, 2.24) is 4.57 Å². The van der Waals surface area contributed by atoms with Gasteiger partial charge in [0.1, 0.15) is 0 Å². The second-order valence-corrected chi connectivity index (χ2v) is 6.52. The molecule has 1 amide bonds. The second-order valence-electron chi connectivity index (χ2n) is 6.52. The van der Waals surface area contributed by atoms with Crippen LogP contribution >= 0.6 is 0 Å². The van der Waals surface area contributed by atoms with Crippen LogP contribution in [0.25, 0.3) is 10.9 Å². The summed E-state index contributed by atoms with van der Waals surface area (Å²) in [4.78, 5) is 36.3. The van der Waals surface area contributed by atoms with Gasteiger partial charge in [-0.15, -0.1) is 0 Å². The Hall–Kier alpha value is -3.41. The topological polar surface area (TPSA) is 77.4 Å². The number of rotatable bonds is 6. The predicted octanol–water partition coefficient (Wildman–Crippen LogP) is 4.05. The molecule has 6 nitrogen and oxygen atoms in total. The number of hydrogen-bond donors (Lipinski definition) is 1. The summed E-state index contributed by atoms with van der Waals surface area (Å²) < 4.78 is 7.35. The van der Waals surface area contributed by atoms with E-state index < -0.39 is 18.0 Å². The monoisotopic (exact) mass is 378 g/mol. The Labute approximate surface area is 163 Å². The minimum absolute atomic E-state index is 0.0496. The Morgan fingerprint density at radius 1 is 1.07 bits per heavy atom. The van der Waals surface area contributed by atoms with E-state index in [0.29, 0.717) is 16.8 Å². The summed E-state index contributed by atoms with van der Waals surface area (Å²) >= 11 is 0. The Morgan fingerprint density at radius 3 is 2.39 bits per heavy atom. The molecule has 144 valence electrons. The lowest BCUT2D eigenvalue weighted by Gasteiger charge is -2.13. The fourth-order valence-corrected chi connectivity index (χ4v) is 2.98. The van der Waals surface area contributed by atoms with E-state index in [2.05, 4.69) is 5.32 Å². The lowest BCUT2D eigenvalue weighted by atomic mass is 10.1. The molecule has 1 heterocycles.